The fraction of sp³-hybridized carbons (Fsp3) is 0.524. The Morgan fingerprint density at radius 2 is 1.91 bits per heavy atom. The van der Waals surface area contributed by atoms with E-state index < -0.39 is 17.8 Å². The molecule has 33 heavy (non-hydrogen) atoms. The number of aromatic nitrogens is 2. The number of nitrogens with zero attached hydrogens (tertiary/aromatic N) is 4. The van der Waals surface area contributed by atoms with Gasteiger partial charge < -0.3 is 16.4 Å². The SMILES string of the molecule is N#CC1CCC(N2CC(NC(=O)CNc3nn(C(N)=O)c4ccc(C(F)(F)F)cc34)C2)CC1. The quantitative estimate of drug-likeness (QED) is 0.624. The van der Waals surface area contributed by atoms with Crippen molar-refractivity contribution in [3.8, 4) is 6.07 Å². The van der Waals surface area contributed by atoms with Gasteiger partial charge in [-0.2, -0.15) is 23.1 Å². The van der Waals surface area contributed by atoms with E-state index in [9.17, 15) is 22.8 Å². The zero-order chi connectivity index (χ0) is 23.8. The van der Waals surface area contributed by atoms with Crippen molar-refractivity contribution < 1.29 is 22.8 Å². The largest absolute Gasteiger partial charge is 0.416 e. The standard InChI is InChI=1S/C21H24F3N7O2/c22-21(23,24)13-3-6-17-16(7-13)19(29-31(17)20(26)33)27-9-18(32)28-14-10-30(11-14)15-4-1-12(8-25)2-5-15/h3,6-7,12,14-15H,1-2,4-5,9-11H2,(H2,26,33)(H,27,29)(H,28,32). The molecule has 2 aromatic rings. The number of amides is 2. The first-order valence-electron chi connectivity index (χ1n) is 10.7. The summed E-state index contributed by atoms with van der Waals surface area (Å²) in [6.45, 7) is 1.23. The predicted molar refractivity (Wildman–Crippen MR) is 113 cm³/mol. The van der Waals surface area contributed by atoms with E-state index in [1.807, 2.05) is 0 Å². The number of carbonyl (C=O) groups is 2. The third kappa shape index (κ3) is 4.88. The van der Waals surface area contributed by atoms with Gasteiger partial charge in [-0.05, 0) is 43.9 Å². The molecule has 9 nitrogen and oxygen atoms in total. The van der Waals surface area contributed by atoms with Crippen molar-refractivity contribution in [3.05, 3.63) is 23.8 Å². The number of likely N-dealkylation sites (tertiary alicyclic amines) is 1. The third-order valence-corrected chi connectivity index (χ3v) is 6.30. The molecule has 2 aliphatic rings. The van der Waals surface area contributed by atoms with Crippen LogP contribution < -0.4 is 16.4 Å². The molecular formula is C21H24F3N7O2. The van der Waals surface area contributed by atoms with E-state index in [0.717, 1.165) is 61.7 Å². The Bertz CT molecular complexity index is 1090. The molecule has 0 bridgehead atoms. The summed E-state index contributed by atoms with van der Waals surface area (Å²) in [5.41, 5.74) is 4.48. The van der Waals surface area contributed by atoms with Crippen LogP contribution in [0.5, 0.6) is 0 Å². The molecule has 4 N–H and O–H groups in total. The number of fused-ring (bicyclic) bond motifs is 1. The maximum absolute atomic E-state index is 13.1. The molecule has 0 radical (unpaired) electrons. The Labute approximate surface area is 187 Å². The monoisotopic (exact) mass is 463 g/mol. The zero-order valence-electron chi connectivity index (χ0n) is 17.7. The number of anilines is 1. The van der Waals surface area contributed by atoms with Crippen LogP contribution in [0.1, 0.15) is 31.2 Å². The van der Waals surface area contributed by atoms with Crippen molar-refractivity contribution in [3.63, 3.8) is 0 Å². The minimum atomic E-state index is -4.57. The highest BCUT2D eigenvalue weighted by Crippen LogP contribution is 2.33. The number of halogens is 3. The van der Waals surface area contributed by atoms with Crippen LogP contribution in [0.25, 0.3) is 10.9 Å². The van der Waals surface area contributed by atoms with Crippen LogP contribution in [0.2, 0.25) is 0 Å². The summed E-state index contributed by atoms with van der Waals surface area (Å²) in [5, 5.41) is 18.6. The Morgan fingerprint density at radius 1 is 1.21 bits per heavy atom. The average Bonchev–Trinajstić information content (AvgIpc) is 3.12. The summed E-state index contributed by atoms with van der Waals surface area (Å²) < 4.78 is 40.1. The summed E-state index contributed by atoms with van der Waals surface area (Å²) in [7, 11) is 0. The summed E-state index contributed by atoms with van der Waals surface area (Å²) >= 11 is 0. The number of nitriles is 1. The number of hydrogen-bond donors (Lipinski definition) is 3. The fourth-order valence-corrected chi connectivity index (χ4v) is 4.51. The van der Waals surface area contributed by atoms with E-state index in [-0.39, 0.29) is 41.1 Å². The summed E-state index contributed by atoms with van der Waals surface area (Å²) in [6, 6.07) is 4.63. The second kappa shape index (κ2) is 8.90. The molecule has 176 valence electrons. The van der Waals surface area contributed by atoms with Crippen LogP contribution in [-0.4, -0.2) is 58.3 Å². The van der Waals surface area contributed by atoms with Gasteiger partial charge >= 0.3 is 12.2 Å². The predicted octanol–water partition coefficient (Wildman–Crippen LogP) is 2.28. The number of nitrogens with one attached hydrogen (secondary N) is 2. The minimum absolute atomic E-state index is 0.00950. The lowest BCUT2D eigenvalue weighted by atomic mass is 9.85. The van der Waals surface area contributed by atoms with E-state index in [0.29, 0.717) is 6.04 Å². The lowest BCUT2D eigenvalue weighted by molar-refractivity contribution is -0.137. The van der Waals surface area contributed by atoms with Crippen LogP contribution in [0.15, 0.2) is 18.2 Å². The smallest absolute Gasteiger partial charge is 0.359 e. The van der Waals surface area contributed by atoms with E-state index in [2.05, 4.69) is 26.7 Å². The average molecular weight is 463 g/mol. The molecule has 2 heterocycles. The highest BCUT2D eigenvalue weighted by atomic mass is 19.4. The Balaban J connectivity index is 1.33. The molecule has 12 heteroatoms. The van der Waals surface area contributed by atoms with Crippen molar-refractivity contribution in [2.45, 2.75) is 43.9 Å². The van der Waals surface area contributed by atoms with Crippen molar-refractivity contribution in [2.75, 3.05) is 25.0 Å². The van der Waals surface area contributed by atoms with Crippen LogP contribution in [0.3, 0.4) is 0 Å². The number of rotatable bonds is 5. The Morgan fingerprint density at radius 3 is 2.52 bits per heavy atom. The molecule has 2 fully saturated rings. The summed E-state index contributed by atoms with van der Waals surface area (Å²) in [4.78, 5) is 26.3. The molecule has 1 saturated carbocycles. The van der Waals surface area contributed by atoms with E-state index in [1.54, 1.807) is 0 Å². The van der Waals surface area contributed by atoms with Gasteiger partial charge in [0.05, 0.1) is 29.7 Å². The summed E-state index contributed by atoms with van der Waals surface area (Å²) in [5.74, 6) is -0.221. The van der Waals surface area contributed by atoms with Gasteiger partial charge in [0, 0.05) is 30.4 Å². The highest BCUT2D eigenvalue weighted by Gasteiger charge is 2.35. The number of nitrogens with two attached hydrogens (primary N) is 1. The maximum atomic E-state index is 13.1. The second-order valence-electron chi connectivity index (χ2n) is 8.53. The molecule has 0 atom stereocenters. The number of alkyl halides is 3. The molecule has 2 amide bonds. The number of carbonyl (C=O) groups excluding carboxylic acids is 2. The molecule has 4 rings (SSSR count). The van der Waals surface area contributed by atoms with Gasteiger partial charge in [-0.3, -0.25) is 9.69 Å². The Hall–Kier alpha value is -3.33. The number of hydrogen-bond acceptors (Lipinski definition) is 6. The molecule has 1 aromatic heterocycles. The second-order valence-corrected chi connectivity index (χ2v) is 8.53. The fourth-order valence-electron chi connectivity index (χ4n) is 4.51. The first-order valence-corrected chi connectivity index (χ1v) is 10.7. The lowest BCUT2D eigenvalue weighted by Crippen LogP contribution is -2.63. The van der Waals surface area contributed by atoms with Gasteiger partial charge in [0.15, 0.2) is 5.82 Å². The highest BCUT2D eigenvalue weighted by molar-refractivity contribution is 5.97. The third-order valence-electron chi connectivity index (χ3n) is 6.30. The van der Waals surface area contributed by atoms with Crippen LogP contribution in [-0.2, 0) is 11.0 Å². The van der Waals surface area contributed by atoms with Gasteiger partial charge in [0.2, 0.25) is 5.91 Å². The molecular weight excluding hydrogens is 439 g/mol. The van der Waals surface area contributed by atoms with E-state index in [1.165, 1.54) is 0 Å². The topological polar surface area (TPSA) is 129 Å². The van der Waals surface area contributed by atoms with Gasteiger partial charge in [-0.1, -0.05) is 0 Å². The van der Waals surface area contributed by atoms with Gasteiger partial charge in [-0.15, -0.1) is 5.10 Å². The zero-order valence-corrected chi connectivity index (χ0v) is 17.7. The molecule has 1 saturated heterocycles. The van der Waals surface area contributed by atoms with Crippen molar-refractivity contribution in [1.29, 1.82) is 5.26 Å². The van der Waals surface area contributed by atoms with E-state index >= 15 is 0 Å². The van der Waals surface area contributed by atoms with Crippen molar-refractivity contribution >= 4 is 28.7 Å². The lowest BCUT2D eigenvalue weighted by Gasteiger charge is -2.46. The molecule has 1 aliphatic carbocycles. The summed E-state index contributed by atoms with van der Waals surface area (Å²) in [6.07, 6.45) is -0.797. The molecule has 0 unspecified atom stereocenters. The van der Waals surface area contributed by atoms with E-state index in [4.69, 9.17) is 11.0 Å². The Kier molecular flexibility index (Phi) is 6.16. The first kappa shape index (κ1) is 22.8. The van der Waals surface area contributed by atoms with Crippen LogP contribution in [0, 0.1) is 17.2 Å². The first-order chi connectivity index (χ1) is 15.7. The number of primary amides is 1. The number of benzene rings is 1. The van der Waals surface area contributed by atoms with Crippen LogP contribution in [0.4, 0.5) is 23.8 Å². The molecule has 1 aliphatic heterocycles. The van der Waals surface area contributed by atoms with Gasteiger partial charge in [0.25, 0.3) is 0 Å². The minimum Gasteiger partial charge on any atom is -0.359 e. The molecule has 0 spiro atoms. The normalized spacial score (nSPS) is 21.9. The molecule has 1 aromatic carbocycles. The van der Waals surface area contributed by atoms with Gasteiger partial charge in [0.1, 0.15) is 0 Å². The van der Waals surface area contributed by atoms with Crippen molar-refractivity contribution in [1.82, 2.24) is 20.0 Å². The van der Waals surface area contributed by atoms with Gasteiger partial charge in [-0.25, -0.2) is 4.79 Å². The maximum Gasteiger partial charge on any atom is 0.416 e. The van der Waals surface area contributed by atoms with Crippen LogP contribution >= 0.6 is 0 Å². The van der Waals surface area contributed by atoms with Crippen molar-refractivity contribution in [2.24, 2.45) is 11.7 Å².